The molecule has 0 bridgehead atoms. The van der Waals surface area contributed by atoms with E-state index in [0.29, 0.717) is 18.1 Å². The largest absolute Gasteiger partial charge is 0.315 e. The van der Waals surface area contributed by atoms with E-state index in [2.05, 4.69) is 58.9 Å². The SMILES string of the molecule is CNC1CC(C)CC(C)C1N(C)C(C)CC(C)C. The average Bonchev–Trinajstić information content (AvgIpc) is 2.26. The first-order valence-electron chi connectivity index (χ1n) is 7.76. The quantitative estimate of drug-likeness (QED) is 0.809. The summed E-state index contributed by atoms with van der Waals surface area (Å²) in [5, 5.41) is 3.56. The molecular weight excluding hydrogens is 220 g/mol. The Morgan fingerprint density at radius 1 is 1.17 bits per heavy atom. The second-order valence-corrected chi connectivity index (χ2v) is 7.08. The van der Waals surface area contributed by atoms with Gasteiger partial charge in [0.15, 0.2) is 0 Å². The highest BCUT2D eigenvalue weighted by Crippen LogP contribution is 2.33. The molecule has 1 fully saturated rings. The maximum absolute atomic E-state index is 3.56. The highest BCUT2D eigenvalue weighted by atomic mass is 15.2. The highest BCUT2D eigenvalue weighted by molar-refractivity contribution is 4.93. The minimum Gasteiger partial charge on any atom is -0.315 e. The van der Waals surface area contributed by atoms with Crippen LogP contribution < -0.4 is 5.32 Å². The van der Waals surface area contributed by atoms with Crippen LogP contribution in [0.4, 0.5) is 0 Å². The van der Waals surface area contributed by atoms with Crippen molar-refractivity contribution in [2.45, 2.75) is 72.0 Å². The third-order valence-electron chi connectivity index (χ3n) is 4.77. The maximum atomic E-state index is 3.56. The first kappa shape index (κ1) is 16.0. The molecule has 0 aromatic heterocycles. The lowest BCUT2D eigenvalue weighted by Crippen LogP contribution is -2.56. The molecule has 5 unspecified atom stereocenters. The van der Waals surface area contributed by atoms with Crippen LogP contribution >= 0.6 is 0 Å². The molecule has 0 heterocycles. The zero-order valence-electron chi connectivity index (χ0n) is 13.5. The summed E-state index contributed by atoms with van der Waals surface area (Å²) in [7, 11) is 4.46. The van der Waals surface area contributed by atoms with Crippen LogP contribution in [0.5, 0.6) is 0 Å². The predicted molar refractivity (Wildman–Crippen MR) is 80.9 cm³/mol. The summed E-state index contributed by atoms with van der Waals surface area (Å²) < 4.78 is 0. The number of hydrogen-bond acceptors (Lipinski definition) is 2. The third kappa shape index (κ3) is 3.96. The van der Waals surface area contributed by atoms with Crippen LogP contribution in [0.2, 0.25) is 0 Å². The Morgan fingerprint density at radius 3 is 2.28 bits per heavy atom. The molecule has 0 aromatic carbocycles. The zero-order valence-corrected chi connectivity index (χ0v) is 13.5. The molecule has 1 rings (SSSR count). The molecule has 108 valence electrons. The van der Waals surface area contributed by atoms with Gasteiger partial charge < -0.3 is 5.32 Å². The molecule has 0 amide bonds. The van der Waals surface area contributed by atoms with Gasteiger partial charge >= 0.3 is 0 Å². The lowest BCUT2D eigenvalue weighted by atomic mass is 9.75. The monoisotopic (exact) mass is 254 g/mol. The van der Waals surface area contributed by atoms with E-state index in [9.17, 15) is 0 Å². The summed E-state index contributed by atoms with van der Waals surface area (Å²) >= 11 is 0. The van der Waals surface area contributed by atoms with Crippen molar-refractivity contribution in [3.05, 3.63) is 0 Å². The van der Waals surface area contributed by atoms with Gasteiger partial charge in [-0.3, -0.25) is 4.90 Å². The van der Waals surface area contributed by atoms with Crippen LogP contribution in [0.15, 0.2) is 0 Å². The standard InChI is InChI=1S/C16H34N2/c1-11(2)8-14(5)18(7)16-13(4)9-12(3)10-15(16)17-6/h11-17H,8-10H2,1-7H3. The second kappa shape index (κ2) is 6.91. The third-order valence-corrected chi connectivity index (χ3v) is 4.77. The van der Waals surface area contributed by atoms with Crippen LogP contribution in [-0.2, 0) is 0 Å². The van der Waals surface area contributed by atoms with E-state index in [1.54, 1.807) is 0 Å². The second-order valence-electron chi connectivity index (χ2n) is 7.08. The van der Waals surface area contributed by atoms with Crippen molar-refractivity contribution in [2.24, 2.45) is 17.8 Å². The number of hydrogen-bond donors (Lipinski definition) is 1. The number of likely N-dealkylation sites (N-methyl/N-ethyl adjacent to an activating group) is 2. The van der Waals surface area contributed by atoms with E-state index in [-0.39, 0.29) is 0 Å². The fourth-order valence-corrected chi connectivity index (χ4v) is 3.96. The fraction of sp³-hybridized carbons (Fsp3) is 1.00. The van der Waals surface area contributed by atoms with Crippen molar-refractivity contribution in [3.63, 3.8) is 0 Å². The molecule has 2 nitrogen and oxygen atoms in total. The topological polar surface area (TPSA) is 15.3 Å². The molecule has 1 aliphatic rings. The first-order valence-corrected chi connectivity index (χ1v) is 7.76. The van der Waals surface area contributed by atoms with E-state index in [0.717, 1.165) is 17.8 Å². The highest BCUT2D eigenvalue weighted by Gasteiger charge is 2.36. The predicted octanol–water partition coefficient (Wildman–Crippen LogP) is 3.38. The number of rotatable bonds is 5. The van der Waals surface area contributed by atoms with Gasteiger partial charge in [-0.15, -0.1) is 0 Å². The van der Waals surface area contributed by atoms with Crippen LogP contribution in [0, 0.1) is 17.8 Å². The van der Waals surface area contributed by atoms with Crippen LogP contribution in [-0.4, -0.2) is 37.1 Å². The summed E-state index contributed by atoms with van der Waals surface area (Å²) in [6.07, 6.45) is 4.00. The summed E-state index contributed by atoms with van der Waals surface area (Å²) in [5.74, 6) is 2.45. The molecule has 0 aromatic rings. The normalized spacial score (nSPS) is 35.2. The molecule has 18 heavy (non-hydrogen) atoms. The molecule has 0 saturated heterocycles. The molecule has 0 spiro atoms. The van der Waals surface area contributed by atoms with Gasteiger partial charge in [0.1, 0.15) is 0 Å². The van der Waals surface area contributed by atoms with Gasteiger partial charge in [0.25, 0.3) is 0 Å². The van der Waals surface area contributed by atoms with Crippen molar-refractivity contribution in [3.8, 4) is 0 Å². The molecule has 1 N–H and O–H groups in total. The van der Waals surface area contributed by atoms with Crippen molar-refractivity contribution in [2.75, 3.05) is 14.1 Å². The Hall–Kier alpha value is -0.0800. The smallest absolute Gasteiger partial charge is 0.0274 e. The minimum absolute atomic E-state index is 0.656. The van der Waals surface area contributed by atoms with Gasteiger partial charge in [0.2, 0.25) is 0 Å². The summed E-state index contributed by atoms with van der Waals surface area (Å²) in [5.41, 5.74) is 0. The van der Waals surface area contributed by atoms with E-state index >= 15 is 0 Å². The van der Waals surface area contributed by atoms with Gasteiger partial charge in [-0.2, -0.15) is 0 Å². The van der Waals surface area contributed by atoms with Gasteiger partial charge in [-0.1, -0.05) is 27.7 Å². The fourth-order valence-electron chi connectivity index (χ4n) is 3.96. The number of nitrogens with zero attached hydrogens (tertiary/aromatic N) is 1. The minimum atomic E-state index is 0.656. The van der Waals surface area contributed by atoms with Crippen LogP contribution in [0.3, 0.4) is 0 Å². The van der Waals surface area contributed by atoms with Crippen molar-refractivity contribution in [1.29, 1.82) is 0 Å². The van der Waals surface area contributed by atoms with E-state index in [1.807, 2.05) is 0 Å². The Kier molecular flexibility index (Phi) is 6.13. The summed E-state index contributed by atoms with van der Waals surface area (Å²) in [4.78, 5) is 2.64. The molecule has 0 aliphatic heterocycles. The first-order chi connectivity index (χ1) is 8.36. The van der Waals surface area contributed by atoms with E-state index in [1.165, 1.54) is 19.3 Å². The van der Waals surface area contributed by atoms with Crippen LogP contribution in [0.25, 0.3) is 0 Å². The van der Waals surface area contributed by atoms with E-state index < -0.39 is 0 Å². The molecule has 0 radical (unpaired) electrons. The molecular formula is C16H34N2. The molecule has 5 atom stereocenters. The van der Waals surface area contributed by atoms with Gasteiger partial charge in [-0.25, -0.2) is 0 Å². The van der Waals surface area contributed by atoms with Gasteiger partial charge in [-0.05, 0) is 58.0 Å². The Morgan fingerprint density at radius 2 is 1.78 bits per heavy atom. The lowest BCUT2D eigenvalue weighted by molar-refractivity contribution is 0.0518. The Balaban J connectivity index is 2.71. The van der Waals surface area contributed by atoms with Gasteiger partial charge in [0, 0.05) is 18.1 Å². The Bertz CT molecular complexity index is 239. The summed E-state index contributed by atoms with van der Waals surface area (Å²) in [6, 6.07) is 2.03. The van der Waals surface area contributed by atoms with Crippen molar-refractivity contribution >= 4 is 0 Å². The molecule has 1 aliphatic carbocycles. The van der Waals surface area contributed by atoms with Crippen molar-refractivity contribution in [1.82, 2.24) is 10.2 Å². The van der Waals surface area contributed by atoms with Crippen LogP contribution in [0.1, 0.15) is 53.9 Å². The molecule has 1 saturated carbocycles. The zero-order chi connectivity index (χ0) is 13.9. The average molecular weight is 254 g/mol. The van der Waals surface area contributed by atoms with E-state index in [4.69, 9.17) is 0 Å². The molecule has 2 heteroatoms. The summed E-state index contributed by atoms with van der Waals surface area (Å²) in [6.45, 7) is 11.9. The number of nitrogens with one attached hydrogen (secondary N) is 1. The van der Waals surface area contributed by atoms with Gasteiger partial charge in [0.05, 0.1) is 0 Å². The lowest BCUT2D eigenvalue weighted by Gasteiger charge is -2.46. The maximum Gasteiger partial charge on any atom is 0.0274 e. The Labute approximate surface area is 115 Å². The van der Waals surface area contributed by atoms with Crippen molar-refractivity contribution < 1.29 is 0 Å².